The van der Waals surface area contributed by atoms with Gasteiger partial charge in [-0.05, 0) is 38.5 Å². The van der Waals surface area contributed by atoms with Crippen LogP contribution in [0.1, 0.15) is 373 Å². The van der Waals surface area contributed by atoms with Crippen LogP contribution >= 0.6 is 0 Å². The number of aliphatic carboxylic acids is 1. The van der Waals surface area contributed by atoms with E-state index >= 15 is 0 Å². The molecule has 0 aromatic carbocycles. The summed E-state index contributed by atoms with van der Waals surface area (Å²) in [5.41, 5.74) is 0. The van der Waals surface area contributed by atoms with Gasteiger partial charge in [0.2, 0.25) is 0 Å². The van der Waals surface area contributed by atoms with E-state index in [2.05, 4.69) is 26.0 Å². The third kappa shape index (κ3) is 54.1. The van der Waals surface area contributed by atoms with Crippen molar-refractivity contribution in [1.29, 1.82) is 0 Å². The van der Waals surface area contributed by atoms with Gasteiger partial charge in [0.1, 0.15) is 0 Å². The molecular weight excluding hydrogens is 805 g/mol. The lowest BCUT2D eigenvalue weighted by molar-refractivity contribution is -0.146. The minimum absolute atomic E-state index is 0.584. The maximum Gasteiger partial charge on any atom is 0.309 e. The van der Waals surface area contributed by atoms with Crippen LogP contribution in [-0.2, 0) is 4.79 Å². The number of aliphatic hydroxyl groups is 1. The van der Waals surface area contributed by atoms with Gasteiger partial charge in [0.15, 0.2) is 0 Å². The number of rotatable bonds is 59. The highest BCUT2D eigenvalue weighted by Gasteiger charge is 2.25. The highest BCUT2D eigenvalue weighted by Crippen LogP contribution is 2.22. The average molecular weight is 930 g/mol. The number of aliphatic hydroxyl groups excluding tert-OH is 1. The average Bonchev–Trinajstić information content (AvgIpc) is 3.31. The van der Waals surface area contributed by atoms with E-state index in [0.29, 0.717) is 12.8 Å². The van der Waals surface area contributed by atoms with Crippen molar-refractivity contribution < 1.29 is 15.0 Å². The Hall–Kier alpha value is -0.830. The predicted molar refractivity (Wildman–Crippen MR) is 296 cm³/mol. The van der Waals surface area contributed by atoms with E-state index in [1.807, 2.05) is 0 Å². The molecule has 394 valence electrons. The molecule has 0 saturated heterocycles. The van der Waals surface area contributed by atoms with E-state index in [1.165, 1.54) is 321 Å². The molecule has 3 nitrogen and oxygen atoms in total. The summed E-state index contributed by atoms with van der Waals surface area (Å²) in [4.78, 5) is 11.9. The van der Waals surface area contributed by atoms with E-state index in [-0.39, 0.29) is 0 Å². The van der Waals surface area contributed by atoms with Gasteiger partial charge >= 0.3 is 5.97 Å². The monoisotopic (exact) mass is 929 g/mol. The number of hydrogen-bond donors (Lipinski definition) is 2. The van der Waals surface area contributed by atoms with Crippen LogP contribution in [-0.4, -0.2) is 22.3 Å². The zero-order valence-corrected chi connectivity index (χ0v) is 45.7. The second kappa shape index (κ2) is 58.5. The molecule has 0 rings (SSSR count). The van der Waals surface area contributed by atoms with Crippen molar-refractivity contribution in [1.82, 2.24) is 0 Å². The van der Waals surface area contributed by atoms with Crippen molar-refractivity contribution in [2.24, 2.45) is 5.92 Å². The Kier molecular flexibility index (Phi) is 57.7. The van der Waals surface area contributed by atoms with Crippen LogP contribution in [0.2, 0.25) is 0 Å². The lowest BCUT2D eigenvalue weighted by Gasteiger charge is -2.19. The van der Waals surface area contributed by atoms with Crippen LogP contribution < -0.4 is 0 Å². The summed E-state index contributed by atoms with van der Waals surface area (Å²) in [5.74, 6) is -1.39. The van der Waals surface area contributed by atoms with Gasteiger partial charge in [-0.15, -0.1) is 0 Å². The molecule has 0 aliphatic carbocycles. The first kappa shape index (κ1) is 65.2. The topological polar surface area (TPSA) is 57.5 Å². The van der Waals surface area contributed by atoms with E-state index in [4.69, 9.17) is 0 Å². The normalized spacial score (nSPS) is 12.8. The number of carboxylic acid groups (broad SMARTS) is 1. The van der Waals surface area contributed by atoms with Crippen molar-refractivity contribution >= 4 is 5.97 Å². The molecular formula is C63H124O3. The Labute approximate surface area is 416 Å². The van der Waals surface area contributed by atoms with Gasteiger partial charge in [0.25, 0.3) is 0 Å². The van der Waals surface area contributed by atoms with Gasteiger partial charge in [0, 0.05) is 0 Å². The summed E-state index contributed by atoms with van der Waals surface area (Å²) < 4.78 is 0. The number of carbonyl (C=O) groups is 1. The van der Waals surface area contributed by atoms with Crippen LogP contribution in [0.3, 0.4) is 0 Å². The first-order valence-corrected chi connectivity index (χ1v) is 31.2. The van der Waals surface area contributed by atoms with Crippen molar-refractivity contribution in [3.05, 3.63) is 12.2 Å². The minimum Gasteiger partial charge on any atom is -0.481 e. The van der Waals surface area contributed by atoms with Crippen LogP contribution in [0.25, 0.3) is 0 Å². The highest BCUT2D eigenvalue weighted by molar-refractivity contribution is 5.70. The van der Waals surface area contributed by atoms with Crippen LogP contribution in [0.5, 0.6) is 0 Å². The first-order chi connectivity index (χ1) is 32.6. The lowest BCUT2D eigenvalue weighted by Crippen LogP contribution is -2.28. The predicted octanol–water partition coefficient (Wildman–Crippen LogP) is 22.5. The van der Waals surface area contributed by atoms with E-state index in [0.717, 1.165) is 25.7 Å². The summed E-state index contributed by atoms with van der Waals surface area (Å²) in [6, 6.07) is 0. The zero-order valence-electron chi connectivity index (χ0n) is 45.7. The number of unbranched alkanes of at least 4 members (excludes halogenated alkanes) is 51. The molecule has 0 saturated carbocycles. The SMILES string of the molecule is CCCCCCCCCCCCCCCCCCCC/C=C\CCCCCCCCCCCCCCC(O)C(CCCCCCCCCCCCCCCCCCCCCCCC)C(=O)O. The number of hydrogen-bond acceptors (Lipinski definition) is 2. The highest BCUT2D eigenvalue weighted by atomic mass is 16.4. The summed E-state index contributed by atoms with van der Waals surface area (Å²) in [7, 11) is 0. The Bertz CT molecular complexity index is 913. The van der Waals surface area contributed by atoms with Crippen molar-refractivity contribution in [2.45, 2.75) is 380 Å². The summed E-state index contributed by atoms with van der Waals surface area (Å²) in [5, 5.41) is 20.5. The third-order valence-corrected chi connectivity index (χ3v) is 15.2. The van der Waals surface area contributed by atoms with Gasteiger partial charge < -0.3 is 10.2 Å². The Balaban J connectivity index is 3.39. The second-order valence-electron chi connectivity index (χ2n) is 21.8. The molecule has 2 N–H and O–H groups in total. The van der Waals surface area contributed by atoms with Gasteiger partial charge in [-0.2, -0.15) is 0 Å². The Morgan fingerprint density at radius 2 is 0.470 bits per heavy atom. The molecule has 0 aromatic heterocycles. The molecule has 0 aliphatic rings. The maximum atomic E-state index is 11.9. The lowest BCUT2D eigenvalue weighted by atomic mass is 9.91. The van der Waals surface area contributed by atoms with E-state index in [9.17, 15) is 15.0 Å². The first-order valence-electron chi connectivity index (χ1n) is 31.2. The van der Waals surface area contributed by atoms with E-state index in [1.54, 1.807) is 0 Å². The van der Waals surface area contributed by atoms with Gasteiger partial charge in [0.05, 0.1) is 12.0 Å². The maximum absolute atomic E-state index is 11.9. The minimum atomic E-state index is -0.802. The molecule has 0 spiro atoms. The largest absolute Gasteiger partial charge is 0.481 e. The van der Waals surface area contributed by atoms with Crippen LogP contribution in [0, 0.1) is 5.92 Å². The second-order valence-corrected chi connectivity index (χ2v) is 21.8. The molecule has 0 bridgehead atoms. The fourth-order valence-corrected chi connectivity index (χ4v) is 10.4. The van der Waals surface area contributed by atoms with Crippen molar-refractivity contribution in [3.63, 3.8) is 0 Å². The fraction of sp³-hybridized carbons (Fsp3) is 0.952. The summed E-state index contributed by atoms with van der Waals surface area (Å²) >= 11 is 0. The molecule has 3 heteroatoms. The van der Waals surface area contributed by atoms with Crippen LogP contribution in [0.15, 0.2) is 12.2 Å². The number of allylic oxidation sites excluding steroid dienone is 2. The Morgan fingerprint density at radius 3 is 0.682 bits per heavy atom. The molecule has 0 radical (unpaired) electrons. The quantitative estimate of drug-likeness (QED) is 0.0472. The molecule has 66 heavy (non-hydrogen) atoms. The van der Waals surface area contributed by atoms with Gasteiger partial charge in [-0.3, -0.25) is 4.79 Å². The summed E-state index contributed by atoms with van der Waals surface area (Å²) in [6.07, 6.45) is 79.7. The molecule has 2 atom stereocenters. The van der Waals surface area contributed by atoms with Crippen molar-refractivity contribution in [3.8, 4) is 0 Å². The molecule has 0 heterocycles. The third-order valence-electron chi connectivity index (χ3n) is 15.2. The fourth-order valence-electron chi connectivity index (χ4n) is 10.4. The van der Waals surface area contributed by atoms with Gasteiger partial charge in [-0.25, -0.2) is 0 Å². The molecule has 0 aliphatic heterocycles. The smallest absolute Gasteiger partial charge is 0.309 e. The standard InChI is InChI=1S/C63H124O3/c1-3-5-7-9-11-13-15-17-19-21-23-25-27-28-29-30-31-32-33-34-35-36-37-38-40-42-44-46-48-50-52-54-56-58-60-62(64)61(63(65)66)59-57-55-53-51-49-47-45-43-41-39-26-24-22-20-18-16-14-12-10-8-6-4-2/h34-35,61-62,64H,3-33,36-60H2,1-2H3,(H,65,66)/b35-34-. The van der Waals surface area contributed by atoms with E-state index < -0.39 is 18.0 Å². The Morgan fingerprint density at radius 1 is 0.288 bits per heavy atom. The molecule has 0 fully saturated rings. The molecule has 0 amide bonds. The summed E-state index contributed by atoms with van der Waals surface area (Å²) in [6.45, 7) is 4.60. The van der Waals surface area contributed by atoms with Crippen molar-refractivity contribution in [2.75, 3.05) is 0 Å². The van der Waals surface area contributed by atoms with Gasteiger partial charge in [-0.1, -0.05) is 347 Å². The molecule has 0 aromatic rings. The molecule has 2 unspecified atom stereocenters. The number of carboxylic acids is 1. The zero-order chi connectivity index (χ0) is 47.7. The van der Waals surface area contributed by atoms with Crippen LogP contribution in [0.4, 0.5) is 0 Å².